The van der Waals surface area contributed by atoms with Gasteiger partial charge in [-0.05, 0) is 55.3 Å². The highest BCUT2D eigenvalue weighted by Crippen LogP contribution is 2.37. The molecule has 3 aromatic rings. The van der Waals surface area contributed by atoms with E-state index in [2.05, 4.69) is 5.32 Å². The monoisotopic (exact) mass is 631 g/mol. The molecule has 238 valence electrons. The Labute approximate surface area is 257 Å². The molecule has 0 aromatic heterocycles. The van der Waals surface area contributed by atoms with Crippen LogP contribution in [0.15, 0.2) is 65.6 Å². The number of carbonyl (C=O) groups is 2. The van der Waals surface area contributed by atoms with Crippen LogP contribution in [0.2, 0.25) is 0 Å². The number of rotatable bonds is 15. The fourth-order valence-corrected chi connectivity index (χ4v) is 5.81. The molecule has 0 aliphatic carbocycles. The van der Waals surface area contributed by atoms with Crippen LogP contribution in [-0.2, 0) is 26.2 Å². The standard InChI is InChI=1S/C31H38FN3O8S/c1-7-16-33-31(37)21(2)34(19-22-8-10-23(32)11-9-22)30(36)20-35(26-17-24(40-3)12-14-27(26)41-4)44(38,39)25-13-15-28(42-5)29(18-25)43-6/h8-15,17-18,21H,7,16,19-20H2,1-6H3,(H,33,37). The minimum absolute atomic E-state index is 0.0276. The Kier molecular flexibility index (Phi) is 11.8. The highest BCUT2D eigenvalue weighted by Gasteiger charge is 2.34. The molecule has 0 saturated heterocycles. The van der Waals surface area contributed by atoms with Gasteiger partial charge >= 0.3 is 0 Å². The van der Waals surface area contributed by atoms with Crippen LogP contribution in [0.3, 0.4) is 0 Å². The van der Waals surface area contributed by atoms with Crippen LogP contribution >= 0.6 is 0 Å². The van der Waals surface area contributed by atoms with Crippen molar-refractivity contribution in [1.82, 2.24) is 10.2 Å². The second-order valence-electron chi connectivity index (χ2n) is 9.68. The molecular formula is C31H38FN3O8S. The van der Waals surface area contributed by atoms with Gasteiger partial charge in [0.15, 0.2) is 11.5 Å². The van der Waals surface area contributed by atoms with E-state index in [-0.39, 0.29) is 28.6 Å². The average molecular weight is 632 g/mol. The van der Waals surface area contributed by atoms with Gasteiger partial charge in [-0.15, -0.1) is 0 Å². The first-order valence-electron chi connectivity index (χ1n) is 13.8. The number of nitrogens with zero attached hydrogens (tertiary/aromatic N) is 2. The summed E-state index contributed by atoms with van der Waals surface area (Å²) in [7, 11) is 1.12. The fourth-order valence-electron chi connectivity index (χ4n) is 4.37. The third-order valence-corrected chi connectivity index (χ3v) is 8.62. The van der Waals surface area contributed by atoms with Gasteiger partial charge in [0.1, 0.15) is 29.9 Å². The molecule has 1 atom stereocenters. The van der Waals surface area contributed by atoms with E-state index in [9.17, 15) is 22.4 Å². The van der Waals surface area contributed by atoms with Crippen molar-refractivity contribution < 1.29 is 41.3 Å². The highest BCUT2D eigenvalue weighted by molar-refractivity contribution is 7.92. The van der Waals surface area contributed by atoms with Gasteiger partial charge in [0.25, 0.3) is 10.0 Å². The van der Waals surface area contributed by atoms with Crippen LogP contribution in [0, 0.1) is 5.82 Å². The van der Waals surface area contributed by atoms with Gasteiger partial charge in [-0.2, -0.15) is 0 Å². The molecule has 0 spiro atoms. The average Bonchev–Trinajstić information content (AvgIpc) is 3.04. The largest absolute Gasteiger partial charge is 0.497 e. The third kappa shape index (κ3) is 7.90. The predicted molar refractivity (Wildman–Crippen MR) is 163 cm³/mol. The Hall–Kier alpha value is -4.52. The van der Waals surface area contributed by atoms with Crippen molar-refractivity contribution >= 4 is 27.5 Å². The van der Waals surface area contributed by atoms with Crippen molar-refractivity contribution in [2.75, 3.05) is 45.8 Å². The Bertz CT molecular complexity index is 1550. The summed E-state index contributed by atoms with van der Waals surface area (Å²) < 4.78 is 64.6. The van der Waals surface area contributed by atoms with E-state index in [1.54, 1.807) is 13.0 Å². The molecular weight excluding hydrogens is 593 g/mol. The molecule has 3 rings (SSSR count). The summed E-state index contributed by atoms with van der Waals surface area (Å²) in [5, 5.41) is 2.77. The first-order chi connectivity index (χ1) is 21.0. The van der Waals surface area contributed by atoms with Crippen molar-refractivity contribution in [2.24, 2.45) is 0 Å². The van der Waals surface area contributed by atoms with Crippen molar-refractivity contribution in [1.29, 1.82) is 0 Å². The molecule has 0 fully saturated rings. The molecule has 1 unspecified atom stereocenters. The molecule has 1 N–H and O–H groups in total. The maximum atomic E-state index is 14.3. The predicted octanol–water partition coefficient (Wildman–Crippen LogP) is 4.00. The SMILES string of the molecule is CCCNC(=O)C(C)N(Cc1ccc(F)cc1)C(=O)CN(c1cc(OC)ccc1OC)S(=O)(=O)c1ccc(OC)c(OC)c1. The number of hydrogen-bond donors (Lipinski definition) is 1. The van der Waals surface area contributed by atoms with Crippen LogP contribution < -0.4 is 28.6 Å². The van der Waals surface area contributed by atoms with E-state index >= 15 is 0 Å². The number of amides is 2. The van der Waals surface area contributed by atoms with Gasteiger partial charge in [0, 0.05) is 25.2 Å². The minimum Gasteiger partial charge on any atom is -0.497 e. The Balaban J connectivity index is 2.15. The van der Waals surface area contributed by atoms with Gasteiger partial charge in [-0.1, -0.05) is 19.1 Å². The number of carbonyl (C=O) groups excluding carboxylic acids is 2. The molecule has 2 amide bonds. The quantitative estimate of drug-likeness (QED) is 0.267. The van der Waals surface area contributed by atoms with Crippen LogP contribution in [0.1, 0.15) is 25.8 Å². The molecule has 0 heterocycles. The molecule has 0 aliphatic heterocycles. The molecule has 13 heteroatoms. The number of hydrogen-bond acceptors (Lipinski definition) is 8. The van der Waals surface area contributed by atoms with Crippen LogP contribution in [0.4, 0.5) is 10.1 Å². The number of ether oxygens (including phenoxy) is 4. The summed E-state index contributed by atoms with van der Waals surface area (Å²) in [5.74, 6) is -0.629. The molecule has 44 heavy (non-hydrogen) atoms. The summed E-state index contributed by atoms with van der Waals surface area (Å²) in [4.78, 5) is 28.2. The van der Waals surface area contributed by atoms with Gasteiger partial charge < -0.3 is 29.2 Å². The lowest BCUT2D eigenvalue weighted by molar-refractivity contribution is -0.139. The molecule has 0 bridgehead atoms. The van der Waals surface area contributed by atoms with Crippen molar-refractivity contribution in [3.8, 4) is 23.0 Å². The molecule has 11 nitrogen and oxygen atoms in total. The zero-order valence-corrected chi connectivity index (χ0v) is 26.4. The fraction of sp³-hybridized carbons (Fsp3) is 0.355. The number of nitrogens with one attached hydrogen (secondary N) is 1. The zero-order chi connectivity index (χ0) is 32.4. The molecule has 3 aromatic carbocycles. The van der Waals surface area contributed by atoms with Gasteiger partial charge in [0.05, 0.1) is 39.0 Å². The van der Waals surface area contributed by atoms with Crippen molar-refractivity contribution in [3.63, 3.8) is 0 Å². The lowest BCUT2D eigenvalue weighted by Gasteiger charge is -2.32. The van der Waals surface area contributed by atoms with Gasteiger partial charge in [0.2, 0.25) is 11.8 Å². The third-order valence-electron chi connectivity index (χ3n) is 6.86. The lowest BCUT2D eigenvalue weighted by Crippen LogP contribution is -2.51. The first kappa shape index (κ1) is 34.0. The van der Waals surface area contributed by atoms with E-state index in [1.165, 1.54) is 87.9 Å². The summed E-state index contributed by atoms with van der Waals surface area (Å²) >= 11 is 0. The second-order valence-corrected chi connectivity index (χ2v) is 11.5. The Morgan fingerprint density at radius 1 is 0.864 bits per heavy atom. The van der Waals surface area contributed by atoms with Crippen molar-refractivity contribution in [2.45, 2.75) is 37.8 Å². The normalized spacial score (nSPS) is 11.7. The number of sulfonamides is 1. The van der Waals surface area contributed by atoms with E-state index in [1.807, 2.05) is 6.92 Å². The van der Waals surface area contributed by atoms with E-state index in [0.717, 1.165) is 4.31 Å². The summed E-state index contributed by atoms with van der Waals surface area (Å²) in [6.45, 7) is 3.03. The topological polar surface area (TPSA) is 124 Å². The van der Waals surface area contributed by atoms with E-state index in [4.69, 9.17) is 18.9 Å². The number of methoxy groups -OCH3 is 4. The van der Waals surface area contributed by atoms with Gasteiger partial charge in [-0.3, -0.25) is 13.9 Å². The smallest absolute Gasteiger partial charge is 0.265 e. The van der Waals surface area contributed by atoms with Crippen molar-refractivity contribution in [3.05, 3.63) is 72.0 Å². The lowest BCUT2D eigenvalue weighted by atomic mass is 10.1. The molecule has 0 saturated carbocycles. The zero-order valence-electron chi connectivity index (χ0n) is 25.6. The first-order valence-corrected chi connectivity index (χ1v) is 15.2. The summed E-state index contributed by atoms with van der Waals surface area (Å²) in [5.41, 5.74) is 0.572. The van der Waals surface area contributed by atoms with Gasteiger partial charge in [-0.25, -0.2) is 12.8 Å². The molecule has 0 radical (unpaired) electrons. The minimum atomic E-state index is -4.47. The maximum Gasteiger partial charge on any atom is 0.265 e. The van der Waals surface area contributed by atoms with Crippen LogP contribution in [0.5, 0.6) is 23.0 Å². The Morgan fingerprint density at radius 3 is 2.09 bits per heavy atom. The van der Waals surface area contributed by atoms with Crippen LogP contribution in [0.25, 0.3) is 0 Å². The number of anilines is 1. The maximum absolute atomic E-state index is 14.3. The number of halogens is 1. The summed E-state index contributed by atoms with van der Waals surface area (Å²) in [6, 6.07) is 13.1. The summed E-state index contributed by atoms with van der Waals surface area (Å²) in [6.07, 6.45) is 0.678. The van der Waals surface area contributed by atoms with E-state index < -0.39 is 40.2 Å². The Morgan fingerprint density at radius 2 is 1.50 bits per heavy atom. The highest BCUT2D eigenvalue weighted by atomic mass is 32.2. The second kappa shape index (κ2) is 15.3. The number of benzene rings is 3. The van der Waals surface area contributed by atoms with E-state index in [0.29, 0.717) is 30.0 Å². The molecule has 0 aliphatic rings. The van der Waals surface area contributed by atoms with Crippen LogP contribution in [-0.4, -0.2) is 72.7 Å².